The van der Waals surface area contributed by atoms with E-state index in [-0.39, 0.29) is 5.41 Å². The van der Waals surface area contributed by atoms with Crippen LogP contribution in [0.4, 0.5) is 11.6 Å². The highest BCUT2D eigenvalue weighted by Gasteiger charge is 2.23. The van der Waals surface area contributed by atoms with E-state index >= 15 is 0 Å². The Hall–Kier alpha value is -2.93. The summed E-state index contributed by atoms with van der Waals surface area (Å²) in [5.74, 6) is 2.67. The fourth-order valence-corrected chi connectivity index (χ4v) is 4.61. The smallest absolute Gasteiger partial charge is 0.133 e. The van der Waals surface area contributed by atoms with E-state index in [9.17, 15) is 0 Å². The first-order chi connectivity index (χ1) is 16.7. The maximum absolute atomic E-state index is 4.98. The highest BCUT2D eigenvalue weighted by molar-refractivity contribution is 5.49. The fourth-order valence-electron chi connectivity index (χ4n) is 4.61. The van der Waals surface area contributed by atoms with E-state index in [0.717, 1.165) is 61.9 Å². The minimum Gasteiger partial charge on any atom is -0.367 e. The van der Waals surface area contributed by atoms with Crippen LogP contribution < -0.4 is 15.5 Å². The summed E-state index contributed by atoms with van der Waals surface area (Å²) >= 11 is 0. The van der Waals surface area contributed by atoms with E-state index in [2.05, 4.69) is 82.5 Å². The lowest BCUT2D eigenvalue weighted by Crippen LogP contribution is -2.37. The normalized spacial score (nSPS) is 18.5. The van der Waals surface area contributed by atoms with Crippen LogP contribution in [-0.4, -0.2) is 45.9 Å². The lowest BCUT2D eigenvalue weighted by molar-refractivity contribution is 0.349. The molecule has 0 spiro atoms. The summed E-state index contributed by atoms with van der Waals surface area (Å²) in [5, 5.41) is 12.5. The zero-order valence-electron chi connectivity index (χ0n) is 22.2. The van der Waals surface area contributed by atoms with Crippen LogP contribution in [0, 0.1) is 6.92 Å². The van der Waals surface area contributed by atoms with Crippen LogP contribution in [0.3, 0.4) is 0 Å². The highest BCUT2D eigenvalue weighted by atomic mass is 15.3. The Morgan fingerprint density at radius 2 is 1.66 bits per heavy atom. The van der Waals surface area contributed by atoms with Gasteiger partial charge in [0.1, 0.15) is 17.5 Å². The summed E-state index contributed by atoms with van der Waals surface area (Å²) in [4.78, 5) is 11.1. The molecule has 1 saturated carbocycles. The van der Waals surface area contributed by atoms with Crippen molar-refractivity contribution >= 4 is 11.6 Å². The zero-order chi connectivity index (χ0) is 25.0. The van der Waals surface area contributed by atoms with Gasteiger partial charge in [-0.2, -0.15) is 5.10 Å². The van der Waals surface area contributed by atoms with E-state index in [0.29, 0.717) is 12.1 Å². The van der Waals surface area contributed by atoms with E-state index in [4.69, 9.17) is 5.10 Å². The van der Waals surface area contributed by atoms with Gasteiger partial charge >= 0.3 is 0 Å². The zero-order valence-corrected chi connectivity index (χ0v) is 22.2. The Kier molecular flexibility index (Phi) is 7.75. The first kappa shape index (κ1) is 25.2. The average molecular weight is 476 g/mol. The SMILES string of the molecule is Cc1nc(NC2CCC(NCc3cc(C(C)(C)C)nn3Cc3ccccc3)CC2)cc(N(C)C)n1. The minimum atomic E-state index is 0.0339. The van der Waals surface area contributed by atoms with Gasteiger partial charge in [0.05, 0.1) is 17.9 Å². The number of rotatable bonds is 8. The summed E-state index contributed by atoms with van der Waals surface area (Å²) in [6.45, 7) is 10.3. The third kappa shape index (κ3) is 6.82. The van der Waals surface area contributed by atoms with E-state index in [1.54, 1.807) is 0 Å². The van der Waals surface area contributed by atoms with Crippen LogP contribution in [0.5, 0.6) is 0 Å². The number of anilines is 2. The first-order valence-corrected chi connectivity index (χ1v) is 12.8. The monoisotopic (exact) mass is 475 g/mol. The molecule has 0 unspecified atom stereocenters. The minimum absolute atomic E-state index is 0.0339. The van der Waals surface area contributed by atoms with Gasteiger partial charge in [0.15, 0.2) is 0 Å². The van der Waals surface area contributed by atoms with Gasteiger partial charge in [-0.05, 0) is 44.2 Å². The second-order valence-electron chi connectivity index (χ2n) is 11.0. The van der Waals surface area contributed by atoms with Gasteiger partial charge in [-0.3, -0.25) is 4.68 Å². The second-order valence-corrected chi connectivity index (χ2v) is 11.0. The van der Waals surface area contributed by atoms with Gasteiger partial charge in [-0.25, -0.2) is 9.97 Å². The van der Waals surface area contributed by atoms with Crippen LogP contribution in [0.2, 0.25) is 0 Å². The van der Waals surface area contributed by atoms with Gasteiger partial charge in [-0.15, -0.1) is 0 Å². The molecular weight excluding hydrogens is 434 g/mol. The van der Waals surface area contributed by atoms with Crippen LogP contribution in [0.1, 0.15) is 69.2 Å². The Balaban J connectivity index is 1.34. The molecule has 1 aliphatic rings. The number of aromatic nitrogens is 4. The number of nitrogens with one attached hydrogen (secondary N) is 2. The summed E-state index contributed by atoms with van der Waals surface area (Å²) in [6.07, 6.45) is 4.57. The lowest BCUT2D eigenvalue weighted by atomic mass is 9.91. The molecular formula is C28H41N7. The summed E-state index contributed by atoms with van der Waals surface area (Å²) in [6, 6.07) is 15.9. The van der Waals surface area contributed by atoms with E-state index in [1.165, 1.54) is 11.3 Å². The molecule has 1 aromatic carbocycles. The van der Waals surface area contributed by atoms with Gasteiger partial charge < -0.3 is 15.5 Å². The van der Waals surface area contributed by atoms with Crippen molar-refractivity contribution in [2.75, 3.05) is 24.3 Å². The van der Waals surface area contributed by atoms with Crippen LogP contribution in [0.15, 0.2) is 42.5 Å². The van der Waals surface area contributed by atoms with Crippen LogP contribution >= 0.6 is 0 Å². The molecule has 188 valence electrons. The topological polar surface area (TPSA) is 70.9 Å². The molecule has 0 aliphatic heterocycles. The Morgan fingerprint density at radius 3 is 2.31 bits per heavy atom. The predicted molar refractivity (Wildman–Crippen MR) is 144 cm³/mol. The van der Waals surface area contributed by atoms with Crippen molar-refractivity contribution in [2.24, 2.45) is 0 Å². The molecule has 2 heterocycles. The Morgan fingerprint density at radius 1 is 0.971 bits per heavy atom. The molecule has 1 aliphatic carbocycles. The van der Waals surface area contributed by atoms with Crippen LogP contribution in [-0.2, 0) is 18.5 Å². The molecule has 1 fully saturated rings. The molecule has 0 radical (unpaired) electrons. The van der Waals surface area contributed by atoms with Crippen molar-refractivity contribution in [1.82, 2.24) is 25.1 Å². The van der Waals surface area contributed by atoms with Crippen molar-refractivity contribution in [1.29, 1.82) is 0 Å². The van der Waals surface area contributed by atoms with Crippen molar-refractivity contribution < 1.29 is 0 Å². The van der Waals surface area contributed by atoms with Crippen molar-refractivity contribution in [3.05, 3.63) is 65.2 Å². The molecule has 7 nitrogen and oxygen atoms in total. The highest BCUT2D eigenvalue weighted by Crippen LogP contribution is 2.25. The van der Waals surface area contributed by atoms with E-state index in [1.807, 2.05) is 32.0 Å². The molecule has 0 bridgehead atoms. The van der Waals surface area contributed by atoms with Crippen molar-refractivity contribution in [3.63, 3.8) is 0 Å². The molecule has 4 rings (SSSR count). The molecule has 0 saturated heterocycles. The third-order valence-electron chi connectivity index (χ3n) is 6.74. The maximum atomic E-state index is 4.98. The number of hydrogen-bond acceptors (Lipinski definition) is 6. The first-order valence-electron chi connectivity index (χ1n) is 12.8. The lowest BCUT2D eigenvalue weighted by Gasteiger charge is -2.30. The average Bonchev–Trinajstić information content (AvgIpc) is 3.22. The van der Waals surface area contributed by atoms with Crippen LogP contribution in [0.25, 0.3) is 0 Å². The number of nitrogens with zero attached hydrogens (tertiary/aromatic N) is 5. The summed E-state index contributed by atoms with van der Waals surface area (Å²) in [7, 11) is 4.03. The van der Waals surface area contributed by atoms with E-state index < -0.39 is 0 Å². The number of hydrogen-bond donors (Lipinski definition) is 2. The quantitative estimate of drug-likeness (QED) is 0.483. The Labute approximate surface area is 210 Å². The fraction of sp³-hybridized carbons (Fsp3) is 0.536. The Bertz CT molecular complexity index is 1090. The molecule has 0 atom stereocenters. The van der Waals surface area contributed by atoms with Crippen molar-refractivity contribution in [2.45, 2.75) is 84.0 Å². The number of aryl methyl sites for hydroxylation is 1. The number of benzene rings is 1. The third-order valence-corrected chi connectivity index (χ3v) is 6.74. The predicted octanol–water partition coefficient (Wildman–Crippen LogP) is 4.91. The molecule has 7 heteroatoms. The van der Waals surface area contributed by atoms with Crippen molar-refractivity contribution in [3.8, 4) is 0 Å². The van der Waals surface area contributed by atoms with Gasteiger partial charge in [0.2, 0.25) is 0 Å². The molecule has 2 aromatic heterocycles. The standard InChI is InChI=1S/C28H41N7/c1-20-30-26(17-27(31-20)34(5)6)32-23-14-12-22(13-15-23)29-18-24-16-25(28(2,3)4)33-35(24)19-21-10-8-7-9-11-21/h7-11,16-17,22-23,29H,12-15,18-19H2,1-6H3,(H,30,31,32). The maximum Gasteiger partial charge on any atom is 0.133 e. The second kappa shape index (κ2) is 10.8. The van der Waals surface area contributed by atoms with Gasteiger partial charge in [0, 0.05) is 44.2 Å². The largest absolute Gasteiger partial charge is 0.367 e. The molecule has 35 heavy (non-hydrogen) atoms. The molecule has 0 amide bonds. The molecule has 2 N–H and O–H groups in total. The van der Waals surface area contributed by atoms with Gasteiger partial charge in [-0.1, -0.05) is 51.1 Å². The summed E-state index contributed by atoms with van der Waals surface area (Å²) < 4.78 is 2.18. The summed E-state index contributed by atoms with van der Waals surface area (Å²) in [5.41, 5.74) is 3.72. The molecule has 3 aromatic rings. The van der Waals surface area contributed by atoms with Gasteiger partial charge in [0.25, 0.3) is 0 Å².